The van der Waals surface area contributed by atoms with Crippen LogP contribution in [-0.4, -0.2) is 42.8 Å². The van der Waals surface area contributed by atoms with Gasteiger partial charge >= 0.3 is 13.1 Å². The zero-order valence-electron chi connectivity index (χ0n) is 10.4. The topological polar surface area (TPSA) is 102 Å². The van der Waals surface area contributed by atoms with Crippen LogP contribution in [-0.2, 0) is 16.0 Å². The maximum absolute atomic E-state index is 13.4. The molecule has 1 unspecified atom stereocenters. The minimum atomic E-state index is -1.69. The lowest BCUT2D eigenvalue weighted by atomic mass is 9.95. The van der Waals surface area contributed by atoms with Gasteiger partial charge < -0.3 is 25.3 Å². The van der Waals surface area contributed by atoms with Crippen LogP contribution in [0.15, 0.2) is 18.2 Å². The van der Waals surface area contributed by atoms with E-state index in [1.54, 1.807) is 0 Å². The first kappa shape index (κ1) is 15.4. The van der Waals surface area contributed by atoms with Crippen LogP contribution >= 0.6 is 0 Å². The van der Waals surface area contributed by atoms with Crippen molar-refractivity contribution in [3.05, 3.63) is 29.6 Å². The third kappa shape index (κ3) is 4.86. The number of carbonyl (C=O) groups excluding carboxylic acids is 1. The second-order valence-electron chi connectivity index (χ2n) is 3.89. The van der Waals surface area contributed by atoms with Crippen molar-refractivity contribution in [3.63, 3.8) is 0 Å². The van der Waals surface area contributed by atoms with E-state index in [1.165, 1.54) is 19.2 Å². The van der Waals surface area contributed by atoms with Crippen LogP contribution in [0.3, 0.4) is 0 Å². The van der Waals surface area contributed by atoms with Crippen molar-refractivity contribution in [2.75, 3.05) is 13.6 Å². The van der Waals surface area contributed by atoms with Gasteiger partial charge in [0.1, 0.15) is 12.5 Å². The van der Waals surface area contributed by atoms with Crippen LogP contribution in [0.1, 0.15) is 5.56 Å². The van der Waals surface area contributed by atoms with Crippen molar-refractivity contribution < 1.29 is 28.7 Å². The summed E-state index contributed by atoms with van der Waals surface area (Å²) < 4.78 is 22.7. The number of hydrogen-bond acceptors (Lipinski definition) is 6. The molecule has 1 rings (SSSR count). The van der Waals surface area contributed by atoms with E-state index in [0.717, 1.165) is 6.07 Å². The summed E-state index contributed by atoms with van der Waals surface area (Å²) in [6.45, 7) is -0.455. The molecule has 0 heterocycles. The lowest BCUT2D eigenvalue weighted by molar-refractivity contribution is -0.142. The van der Waals surface area contributed by atoms with Gasteiger partial charge in [-0.15, -0.1) is 0 Å². The number of nitrogens with two attached hydrogens (primary N) is 1. The molecule has 6 nitrogen and oxygen atoms in total. The molecule has 4 N–H and O–H groups in total. The second kappa shape index (κ2) is 7.08. The van der Waals surface area contributed by atoms with Gasteiger partial charge in [-0.2, -0.15) is 0 Å². The fourth-order valence-corrected chi connectivity index (χ4v) is 1.44. The maximum atomic E-state index is 13.4. The monoisotopic (exact) mass is 271 g/mol. The van der Waals surface area contributed by atoms with E-state index >= 15 is 0 Å². The fourth-order valence-electron chi connectivity index (χ4n) is 1.44. The summed E-state index contributed by atoms with van der Waals surface area (Å²) in [7, 11) is -0.468. The summed E-state index contributed by atoms with van der Waals surface area (Å²) >= 11 is 0. The van der Waals surface area contributed by atoms with Gasteiger partial charge in [0.15, 0.2) is 11.6 Å². The van der Waals surface area contributed by atoms with Crippen LogP contribution in [0.2, 0.25) is 0 Å². The van der Waals surface area contributed by atoms with E-state index < -0.39 is 31.5 Å². The van der Waals surface area contributed by atoms with E-state index in [9.17, 15) is 9.18 Å². The molecule has 104 valence electrons. The number of esters is 1. The zero-order chi connectivity index (χ0) is 14.4. The summed E-state index contributed by atoms with van der Waals surface area (Å²) in [6.07, 6.45) is 0.158. The average Bonchev–Trinajstić information content (AvgIpc) is 2.38. The van der Waals surface area contributed by atoms with Crippen LogP contribution in [0.5, 0.6) is 5.75 Å². The molecule has 0 aliphatic rings. The number of hydrogen-bond donors (Lipinski definition) is 3. The minimum absolute atomic E-state index is 0.136. The Balaban J connectivity index is 2.75. The molecule has 0 saturated heterocycles. The van der Waals surface area contributed by atoms with E-state index in [4.69, 9.17) is 20.5 Å². The first-order chi connectivity index (χ1) is 8.93. The SMILES string of the molecule is COC(=O)C(N)Cc1ccc(F)c(OCB(O)O)c1. The van der Waals surface area contributed by atoms with Crippen molar-refractivity contribution in [1.29, 1.82) is 0 Å². The predicted octanol–water partition coefficient (Wildman–Crippen LogP) is -0.741. The normalized spacial score (nSPS) is 11.8. The molecule has 1 aromatic rings. The summed E-state index contributed by atoms with van der Waals surface area (Å²) in [6, 6.07) is 3.10. The van der Waals surface area contributed by atoms with E-state index in [0.29, 0.717) is 5.56 Å². The van der Waals surface area contributed by atoms with Gasteiger partial charge in [-0.3, -0.25) is 4.79 Å². The quantitative estimate of drug-likeness (QED) is 0.465. The molecule has 0 aliphatic heterocycles. The molecule has 0 radical (unpaired) electrons. The van der Waals surface area contributed by atoms with Gasteiger partial charge in [0.2, 0.25) is 0 Å². The Kier molecular flexibility index (Phi) is 5.74. The predicted molar refractivity (Wildman–Crippen MR) is 65.8 cm³/mol. The highest BCUT2D eigenvalue weighted by atomic mass is 19.1. The average molecular weight is 271 g/mol. The maximum Gasteiger partial charge on any atom is 0.491 e. The van der Waals surface area contributed by atoms with Gasteiger partial charge in [-0.1, -0.05) is 6.07 Å². The molecule has 8 heteroatoms. The van der Waals surface area contributed by atoms with Gasteiger partial charge in [-0.05, 0) is 24.1 Å². The van der Waals surface area contributed by atoms with Crippen LogP contribution in [0.25, 0.3) is 0 Å². The summed E-state index contributed by atoms with van der Waals surface area (Å²) in [5.74, 6) is -1.35. The Labute approximate surface area is 110 Å². The number of methoxy groups -OCH3 is 1. The van der Waals surface area contributed by atoms with Gasteiger partial charge in [0.05, 0.1) is 7.11 Å². The van der Waals surface area contributed by atoms with Crippen molar-refractivity contribution in [3.8, 4) is 5.75 Å². The highest BCUT2D eigenvalue weighted by molar-refractivity contribution is 6.40. The first-order valence-corrected chi connectivity index (χ1v) is 5.54. The summed E-state index contributed by atoms with van der Waals surface area (Å²) in [5.41, 5.74) is 6.15. The summed E-state index contributed by atoms with van der Waals surface area (Å²) in [5, 5.41) is 17.3. The van der Waals surface area contributed by atoms with Crippen LogP contribution < -0.4 is 10.5 Å². The largest absolute Gasteiger partial charge is 0.493 e. The molecule has 0 fully saturated rings. The molecular weight excluding hydrogens is 256 g/mol. The highest BCUT2D eigenvalue weighted by Crippen LogP contribution is 2.19. The van der Waals surface area contributed by atoms with Crippen molar-refractivity contribution >= 4 is 13.1 Å². The number of rotatable bonds is 6. The molecule has 0 spiro atoms. The molecular formula is C11H15BFNO5. The third-order valence-electron chi connectivity index (χ3n) is 2.34. The molecule has 19 heavy (non-hydrogen) atoms. The van der Waals surface area contributed by atoms with E-state index in [2.05, 4.69) is 4.74 Å². The number of ether oxygens (including phenoxy) is 2. The minimum Gasteiger partial charge on any atom is -0.493 e. The summed E-state index contributed by atoms with van der Waals surface area (Å²) in [4.78, 5) is 11.2. The van der Waals surface area contributed by atoms with E-state index in [-0.39, 0.29) is 12.2 Å². The Hall–Kier alpha value is -1.64. The molecule has 0 aromatic heterocycles. The van der Waals surface area contributed by atoms with Crippen molar-refractivity contribution in [1.82, 2.24) is 0 Å². The highest BCUT2D eigenvalue weighted by Gasteiger charge is 2.16. The Morgan fingerprint density at radius 2 is 2.21 bits per heavy atom. The van der Waals surface area contributed by atoms with Crippen molar-refractivity contribution in [2.45, 2.75) is 12.5 Å². The van der Waals surface area contributed by atoms with Crippen LogP contribution in [0.4, 0.5) is 4.39 Å². The lowest BCUT2D eigenvalue weighted by Gasteiger charge is -2.11. The van der Waals surface area contributed by atoms with Crippen LogP contribution in [0, 0.1) is 5.82 Å². The molecule has 1 atom stereocenters. The van der Waals surface area contributed by atoms with Gasteiger partial charge in [0, 0.05) is 0 Å². The Morgan fingerprint density at radius 3 is 2.79 bits per heavy atom. The smallest absolute Gasteiger partial charge is 0.491 e. The van der Waals surface area contributed by atoms with Gasteiger partial charge in [-0.25, -0.2) is 4.39 Å². The Bertz CT molecular complexity index is 443. The standard InChI is InChI=1S/C11H15BFNO5/c1-18-11(15)9(14)4-7-2-3-8(13)10(5-7)19-6-12(16)17/h2-3,5,9,16-17H,4,6,14H2,1H3. The number of halogens is 1. The van der Waals surface area contributed by atoms with Gasteiger partial charge in [0.25, 0.3) is 0 Å². The second-order valence-corrected chi connectivity index (χ2v) is 3.89. The zero-order valence-corrected chi connectivity index (χ0v) is 10.4. The molecule has 0 saturated carbocycles. The number of benzene rings is 1. The third-order valence-corrected chi connectivity index (χ3v) is 2.34. The number of carbonyl (C=O) groups is 1. The Morgan fingerprint density at radius 1 is 1.53 bits per heavy atom. The van der Waals surface area contributed by atoms with E-state index in [1.807, 2.05) is 0 Å². The molecule has 1 aromatic carbocycles. The first-order valence-electron chi connectivity index (χ1n) is 5.54. The lowest BCUT2D eigenvalue weighted by Crippen LogP contribution is -2.33. The molecule has 0 aliphatic carbocycles. The molecule has 0 bridgehead atoms. The van der Waals surface area contributed by atoms with Crippen molar-refractivity contribution in [2.24, 2.45) is 5.73 Å². The fraction of sp³-hybridized carbons (Fsp3) is 0.364. The molecule has 0 amide bonds.